The molecule has 0 bridgehead atoms. The maximum atomic E-state index is 12.8. The summed E-state index contributed by atoms with van der Waals surface area (Å²) in [7, 11) is 0. The Hall–Kier alpha value is -2.55. The second-order valence-corrected chi connectivity index (χ2v) is 5.34. The second kappa shape index (κ2) is 6.94. The number of hydrogen-bond acceptors (Lipinski definition) is 2. The molecule has 0 spiro atoms. The minimum absolute atomic E-state index is 0.644. The number of hydrogen-bond donors (Lipinski definition) is 0. The minimum atomic E-state index is 0.644. The van der Waals surface area contributed by atoms with Gasteiger partial charge in [0.25, 0.3) is 0 Å². The molecule has 0 atom stereocenters. The molecule has 0 saturated carbocycles. The van der Waals surface area contributed by atoms with Crippen LogP contribution >= 0.6 is 0 Å². The van der Waals surface area contributed by atoms with E-state index >= 15 is 0 Å². The lowest BCUT2D eigenvalue weighted by Gasteiger charge is -2.14. The van der Waals surface area contributed by atoms with Gasteiger partial charge in [0, 0.05) is 18.1 Å². The average molecular weight is 293 g/mol. The highest BCUT2D eigenvalue weighted by Crippen LogP contribution is 2.19. The van der Waals surface area contributed by atoms with Gasteiger partial charge >= 0.3 is 0 Å². The highest BCUT2D eigenvalue weighted by Gasteiger charge is 2.16. The predicted molar refractivity (Wildman–Crippen MR) is 88.5 cm³/mol. The summed E-state index contributed by atoms with van der Waals surface area (Å²) in [5.74, 6) is 0.736. The highest BCUT2D eigenvalue weighted by atomic mass is 16.5. The molecular formula is C19H19NO2. The molecule has 1 aliphatic carbocycles. The van der Waals surface area contributed by atoms with Gasteiger partial charge in [-0.05, 0) is 55.7 Å². The van der Waals surface area contributed by atoms with E-state index in [0.717, 1.165) is 41.0 Å². The fourth-order valence-electron chi connectivity index (χ4n) is 2.60. The Balaban J connectivity index is 2.00. The molecule has 0 amide bonds. The smallest absolute Gasteiger partial charge is 0.224 e. The van der Waals surface area contributed by atoms with Crippen LogP contribution in [0.3, 0.4) is 0 Å². The van der Waals surface area contributed by atoms with Gasteiger partial charge < -0.3 is 9.62 Å². The molecule has 1 aromatic heterocycles. The Kier molecular flexibility index (Phi) is 4.54. The van der Waals surface area contributed by atoms with Crippen LogP contribution < -0.4 is 0 Å². The molecule has 0 N–H and O–H groups in total. The van der Waals surface area contributed by atoms with Crippen molar-refractivity contribution in [2.45, 2.75) is 25.7 Å². The lowest BCUT2D eigenvalue weighted by molar-refractivity contribution is -0.404. The Morgan fingerprint density at radius 2 is 1.95 bits per heavy atom. The second-order valence-electron chi connectivity index (χ2n) is 5.34. The number of nitrogens with zero attached hydrogens (tertiary/aromatic N) is 1. The fraction of sp³-hybridized carbons (Fsp3) is 0.211. The van der Waals surface area contributed by atoms with Gasteiger partial charge in [-0.2, -0.15) is 4.74 Å². The predicted octanol–water partition coefficient (Wildman–Crippen LogP) is 4.75. The van der Waals surface area contributed by atoms with Crippen LogP contribution in [0.4, 0.5) is 0 Å². The van der Waals surface area contributed by atoms with Crippen LogP contribution in [0.5, 0.6) is 0 Å². The molecule has 0 fully saturated rings. The first kappa shape index (κ1) is 14.4. The van der Waals surface area contributed by atoms with E-state index in [9.17, 15) is 5.21 Å². The number of hydroxylamine groups is 1. The van der Waals surface area contributed by atoms with Gasteiger partial charge in [0.2, 0.25) is 5.71 Å². The van der Waals surface area contributed by atoms with E-state index in [1.165, 1.54) is 6.42 Å². The van der Waals surface area contributed by atoms with Crippen LogP contribution in [-0.4, -0.2) is 10.5 Å². The normalized spacial score (nSPS) is 16.5. The van der Waals surface area contributed by atoms with Gasteiger partial charge in [-0.15, -0.1) is 0 Å². The summed E-state index contributed by atoms with van der Waals surface area (Å²) in [5.41, 5.74) is 2.41. The van der Waals surface area contributed by atoms with Crippen molar-refractivity contribution in [3.63, 3.8) is 0 Å². The van der Waals surface area contributed by atoms with Gasteiger partial charge in [-0.25, -0.2) is 0 Å². The molecule has 2 aromatic rings. The van der Waals surface area contributed by atoms with Gasteiger partial charge in [0.15, 0.2) is 5.70 Å². The summed E-state index contributed by atoms with van der Waals surface area (Å²) in [5, 5.41) is 12.8. The van der Waals surface area contributed by atoms with Crippen molar-refractivity contribution >= 4 is 11.8 Å². The van der Waals surface area contributed by atoms with Crippen LogP contribution in [0.1, 0.15) is 37.0 Å². The quantitative estimate of drug-likeness (QED) is 0.353. The first-order chi connectivity index (χ1) is 10.8. The molecular weight excluding hydrogens is 274 g/mol. The van der Waals surface area contributed by atoms with E-state index in [2.05, 4.69) is 6.08 Å². The minimum Gasteiger partial charge on any atom is -0.618 e. The largest absolute Gasteiger partial charge is 0.618 e. The maximum Gasteiger partial charge on any atom is 0.224 e. The average Bonchev–Trinajstić information content (AvgIpc) is 3.10. The van der Waals surface area contributed by atoms with Gasteiger partial charge in [-0.3, -0.25) is 0 Å². The lowest BCUT2D eigenvalue weighted by Crippen LogP contribution is -2.16. The van der Waals surface area contributed by atoms with Crippen molar-refractivity contribution in [2.24, 2.45) is 0 Å². The SMILES string of the molecule is [O-]/[N+](C1=CCCCC1)=C(\C=C\c1ccco1)c1ccccc1. The van der Waals surface area contributed by atoms with Crippen molar-refractivity contribution in [2.75, 3.05) is 0 Å². The van der Waals surface area contributed by atoms with Crippen molar-refractivity contribution < 1.29 is 9.16 Å². The van der Waals surface area contributed by atoms with Crippen molar-refractivity contribution in [3.8, 4) is 0 Å². The zero-order chi connectivity index (χ0) is 15.2. The Bertz CT molecular complexity index is 694. The molecule has 1 aromatic carbocycles. The van der Waals surface area contributed by atoms with Gasteiger partial charge in [-0.1, -0.05) is 18.2 Å². The van der Waals surface area contributed by atoms with E-state index < -0.39 is 0 Å². The van der Waals surface area contributed by atoms with Crippen LogP contribution in [-0.2, 0) is 0 Å². The zero-order valence-corrected chi connectivity index (χ0v) is 12.4. The molecule has 112 valence electrons. The Morgan fingerprint density at radius 3 is 2.64 bits per heavy atom. The van der Waals surface area contributed by atoms with E-state index in [0.29, 0.717) is 5.71 Å². The van der Waals surface area contributed by atoms with Gasteiger partial charge in [0.05, 0.1) is 6.26 Å². The molecule has 0 unspecified atom stereocenters. The first-order valence-corrected chi connectivity index (χ1v) is 7.65. The van der Waals surface area contributed by atoms with E-state index in [1.54, 1.807) is 6.26 Å². The molecule has 0 aliphatic heterocycles. The maximum absolute atomic E-state index is 12.8. The number of rotatable bonds is 4. The third-order valence-electron chi connectivity index (χ3n) is 3.76. The molecule has 22 heavy (non-hydrogen) atoms. The number of benzene rings is 1. The van der Waals surface area contributed by atoms with Crippen LogP contribution in [0, 0.1) is 5.21 Å². The van der Waals surface area contributed by atoms with E-state index in [1.807, 2.05) is 54.6 Å². The van der Waals surface area contributed by atoms with Crippen molar-refractivity contribution in [1.82, 2.24) is 0 Å². The summed E-state index contributed by atoms with van der Waals surface area (Å²) in [6.07, 6.45) is 11.4. The zero-order valence-electron chi connectivity index (χ0n) is 12.4. The van der Waals surface area contributed by atoms with E-state index in [4.69, 9.17) is 4.42 Å². The summed E-state index contributed by atoms with van der Waals surface area (Å²) in [6, 6.07) is 13.4. The molecule has 1 heterocycles. The first-order valence-electron chi connectivity index (χ1n) is 7.65. The molecule has 3 nitrogen and oxygen atoms in total. The van der Waals surface area contributed by atoms with Crippen LogP contribution in [0.15, 0.2) is 71.0 Å². The number of furan rings is 1. The summed E-state index contributed by atoms with van der Waals surface area (Å²) in [6.45, 7) is 0. The molecule has 0 saturated heterocycles. The van der Waals surface area contributed by atoms with Gasteiger partial charge in [0.1, 0.15) is 5.76 Å². The number of allylic oxidation sites excluding steroid dienone is 3. The summed E-state index contributed by atoms with van der Waals surface area (Å²) < 4.78 is 6.37. The Morgan fingerprint density at radius 1 is 1.09 bits per heavy atom. The fourth-order valence-corrected chi connectivity index (χ4v) is 2.60. The summed E-state index contributed by atoms with van der Waals surface area (Å²) in [4.78, 5) is 0. The van der Waals surface area contributed by atoms with E-state index in [-0.39, 0.29) is 0 Å². The lowest BCUT2D eigenvalue weighted by atomic mass is 10.0. The molecule has 3 rings (SSSR count). The standard InChI is InChI=1S/C19H19NO2/c21-20(17-10-5-2-6-11-17)19(16-8-3-1-4-9-16)14-13-18-12-7-15-22-18/h1,3-4,7-10,12-15H,2,5-6,11H2/b14-13+,20-19+. The Labute approximate surface area is 130 Å². The van der Waals surface area contributed by atoms with Crippen molar-refractivity contribution in [3.05, 3.63) is 83.1 Å². The molecule has 1 aliphatic rings. The third-order valence-corrected chi connectivity index (χ3v) is 3.76. The van der Waals surface area contributed by atoms with Crippen LogP contribution in [0.25, 0.3) is 6.08 Å². The summed E-state index contributed by atoms with van der Waals surface area (Å²) >= 11 is 0. The highest BCUT2D eigenvalue weighted by molar-refractivity contribution is 6.07. The molecule has 0 radical (unpaired) electrons. The van der Waals surface area contributed by atoms with Crippen LogP contribution in [0.2, 0.25) is 0 Å². The van der Waals surface area contributed by atoms with Crippen molar-refractivity contribution in [1.29, 1.82) is 0 Å². The monoisotopic (exact) mass is 293 g/mol. The topological polar surface area (TPSA) is 39.2 Å². The third kappa shape index (κ3) is 3.37. The molecule has 3 heteroatoms.